The molecule has 0 unspecified atom stereocenters. The zero-order chi connectivity index (χ0) is 12.8. The van der Waals surface area contributed by atoms with Crippen LogP contribution in [0.3, 0.4) is 0 Å². The van der Waals surface area contributed by atoms with Crippen LogP contribution in [0.15, 0.2) is 72.9 Å². The summed E-state index contributed by atoms with van der Waals surface area (Å²) < 4.78 is 0. The summed E-state index contributed by atoms with van der Waals surface area (Å²) in [4.78, 5) is 0. The summed E-state index contributed by atoms with van der Waals surface area (Å²) in [7, 11) is 0. The Morgan fingerprint density at radius 3 is 2.39 bits per heavy atom. The molecule has 0 heterocycles. The lowest BCUT2D eigenvalue weighted by molar-refractivity contribution is 1.54. The van der Waals surface area contributed by atoms with Crippen LogP contribution in [-0.4, -0.2) is 0 Å². The average Bonchev–Trinajstić information content (AvgIpc) is 2.46. The van der Waals surface area contributed by atoms with Crippen molar-refractivity contribution in [2.45, 2.75) is 6.92 Å². The number of rotatable bonds is 3. The van der Waals surface area contributed by atoms with E-state index in [9.17, 15) is 0 Å². The lowest BCUT2D eigenvalue weighted by Crippen LogP contribution is -1.83. The first kappa shape index (κ1) is 12.2. The predicted octanol–water partition coefficient (Wildman–Crippen LogP) is 4.23. The molecule has 2 aromatic rings. The summed E-state index contributed by atoms with van der Waals surface area (Å²) in [6, 6.07) is 18.9. The first-order valence-electron chi connectivity index (χ1n) is 6.02. The maximum absolute atomic E-state index is 5.35. The summed E-state index contributed by atoms with van der Waals surface area (Å²) >= 11 is 0. The van der Waals surface area contributed by atoms with E-state index in [2.05, 4.69) is 55.5 Å². The van der Waals surface area contributed by atoms with Crippen LogP contribution in [0.5, 0.6) is 0 Å². The van der Waals surface area contributed by atoms with Gasteiger partial charge >= 0.3 is 0 Å². The lowest BCUT2D eigenvalue weighted by Gasteiger charge is -2.05. The molecule has 0 fully saturated rings. The molecule has 0 radical (unpaired) electrons. The van der Waals surface area contributed by atoms with E-state index in [0.29, 0.717) is 0 Å². The van der Waals surface area contributed by atoms with Crippen molar-refractivity contribution < 1.29 is 0 Å². The van der Waals surface area contributed by atoms with E-state index in [0.717, 1.165) is 0 Å². The molecule has 18 heavy (non-hydrogen) atoms. The van der Waals surface area contributed by atoms with E-state index in [4.69, 9.17) is 5.73 Å². The van der Waals surface area contributed by atoms with Crippen LogP contribution in [0.2, 0.25) is 0 Å². The van der Waals surface area contributed by atoms with Crippen molar-refractivity contribution in [1.82, 2.24) is 0 Å². The molecule has 1 heteroatoms. The van der Waals surface area contributed by atoms with Gasteiger partial charge in [-0.2, -0.15) is 0 Å². The van der Waals surface area contributed by atoms with Gasteiger partial charge in [0, 0.05) is 0 Å². The van der Waals surface area contributed by atoms with Crippen LogP contribution in [0.1, 0.15) is 12.5 Å². The second-order valence-electron chi connectivity index (χ2n) is 4.18. The number of nitrogens with two attached hydrogens (primary N) is 1. The molecule has 0 saturated carbocycles. The number of allylic oxidation sites excluding steroid dienone is 3. The van der Waals surface area contributed by atoms with Crippen LogP contribution in [0, 0.1) is 0 Å². The van der Waals surface area contributed by atoms with Gasteiger partial charge in [-0.05, 0) is 47.5 Å². The van der Waals surface area contributed by atoms with Crippen molar-refractivity contribution in [2.24, 2.45) is 5.73 Å². The summed E-state index contributed by atoms with van der Waals surface area (Å²) in [6.45, 7) is 2.09. The molecule has 90 valence electrons. The maximum atomic E-state index is 5.35. The van der Waals surface area contributed by atoms with Crippen LogP contribution >= 0.6 is 0 Å². The highest BCUT2D eigenvalue weighted by Crippen LogP contribution is 2.23. The molecule has 2 N–H and O–H groups in total. The van der Waals surface area contributed by atoms with E-state index >= 15 is 0 Å². The lowest BCUT2D eigenvalue weighted by atomic mass is 10.00. The Morgan fingerprint density at radius 1 is 0.944 bits per heavy atom. The minimum atomic E-state index is 1.20. The van der Waals surface area contributed by atoms with Gasteiger partial charge in [-0.3, -0.25) is 0 Å². The Labute approximate surface area is 108 Å². The van der Waals surface area contributed by atoms with Crippen LogP contribution < -0.4 is 5.73 Å². The monoisotopic (exact) mass is 235 g/mol. The molecule has 2 aromatic carbocycles. The minimum Gasteiger partial charge on any atom is -0.405 e. The molecule has 0 amide bonds. The van der Waals surface area contributed by atoms with E-state index in [-0.39, 0.29) is 0 Å². The van der Waals surface area contributed by atoms with Crippen LogP contribution in [0.4, 0.5) is 0 Å². The van der Waals surface area contributed by atoms with Gasteiger partial charge in [0.25, 0.3) is 0 Å². The number of hydrogen-bond donors (Lipinski definition) is 1. The molecular formula is C17H17N. The van der Waals surface area contributed by atoms with Gasteiger partial charge in [0.2, 0.25) is 0 Å². The summed E-state index contributed by atoms with van der Waals surface area (Å²) in [5.41, 5.74) is 10.2. The van der Waals surface area contributed by atoms with Crippen molar-refractivity contribution in [1.29, 1.82) is 0 Å². The maximum Gasteiger partial charge on any atom is -0.00623 e. The van der Waals surface area contributed by atoms with E-state index in [1.165, 1.54) is 22.3 Å². The third-order valence-electron chi connectivity index (χ3n) is 2.88. The Kier molecular flexibility index (Phi) is 3.98. The van der Waals surface area contributed by atoms with Gasteiger partial charge in [0.1, 0.15) is 0 Å². The Bertz CT molecular complexity index is 565. The smallest absolute Gasteiger partial charge is 0.00623 e. The third-order valence-corrected chi connectivity index (χ3v) is 2.88. The number of benzene rings is 2. The van der Waals surface area contributed by atoms with Crippen molar-refractivity contribution in [3.8, 4) is 11.1 Å². The zero-order valence-corrected chi connectivity index (χ0v) is 10.5. The van der Waals surface area contributed by atoms with Gasteiger partial charge in [0.05, 0.1) is 0 Å². The zero-order valence-electron chi connectivity index (χ0n) is 10.5. The topological polar surface area (TPSA) is 26.0 Å². The Balaban J connectivity index is 2.37. The third kappa shape index (κ3) is 2.89. The minimum absolute atomic E-state index is 1.20. The highest BCUT2D eigenvalue weighted by molar-refractivity contribution is 5.72. The molecule has 1 nitrogen and oxygen atoms in total. The van der Waals surface area contributed by atoms with Crippen LogP contribution in [-0.2, 0) is 0 Å². The SMILES string of the molecule is C/C(=C\C=C/N)c1cccc(-c2ccccc2)c1. The quantitative estimate of drug-likeness (QED) is 0.792. The summed E-state index contributed by atoms with van der Waals surface area (Å²) in [6.07, 6.45) is 5.42. The normalized spacial score (nSPS) is 11.9. The average molecular weight is 235 g/mol. The van der Waals surface area contributed by atoms with Crippen LogP contribution in [0.25, 0.3) is 16.7 Å². The van der Waals surface area contributed by atoms with Crippen molar-refractivity contribution >= 4 is 5.57 Å². The molecule has 0 spiro atoms. The molecule has 0 saturated heterocycles. The summed E-state index contributed by atoms with van der Waals surface area (Å²) in [5.74, 6) is 0. The van der Waals surface area contributed by atoms with Gasteiger partial charge in [-0.25, -0.2) is 0 Å². The first-order chi connectivity index (χ1) is 8.81. The van der Waals surface area contributed by atoms with Gasteiger partial charge in [0.15, 0.2) is 0 Å². The second kappa shape index (κ2) is 5.87. The molecular weight excluding hydrogens is 218 g/mol. The van der Waals surface area contributed by atoms with Crippen molar-refractivity contribution in [3.05, 3.63) is 78.5 Å². The molecule has 0 aliphatic heterocycles. The Hall–Kier alpha value is -2.28. The standard InChI is InChI=1S/C17H17N/c1-14(7-6-12-18)16-10-5-11-17(13-16)15-8-3-2-4-9-15/h2-13H,18H2,1H3/b12-6-,14-7+. The Morgan fingerprint density at radius 2 is 1.67 bits per heavy atom. The van der Waals surface area contributed by atoms with E-state index < -0.39 is 0 Å². The van der Waals surface area contributed by atoms with E-state index in [1.807, 2.05) is 18.2 Å². The molecule has 0 aliphatic rings. The molecule has 0 atom stereocenters. The molecule has 2 rings (SSSR count). The predicted molar refractivity (Wildman–Crippen MR) is 78.9 cm³/mol. The first-order valence-corrected chi connectivity index (χ1v) is 6.02. The fourth-order valence-corrected chi connectivity index (χ4v) is 1.87. The second-order valence-corrected chi connectivity index (χ2v) is 4.18. The number of hydrogen-bond acceptors (Lipinski definition) is 1. The summed E-state index contributed by atoms with van der Waals surface area (Å²) in [5, 5.41) is 0. The van der Waals surface area contributed by atoms with Crippen molar-refractivity contribution in [2.75, 3.05) is 0 Å². The highest BCUT2D eigenvalue weighted by Gasteiger charge is 1.99. The van der Waals surface area contributed by atoms with Gasteiger partial charge in [-0.1, -0.05) is 54.6 Å². The molecule has 0 bridgehead atoms. The highest BCUT2D eigenvalue weighted by atomic mass is 14.5. The van der Waals surface area contributed by atoms with Crippen molar-refractivity contribution in [3.63, 3.8) is 0 Å². The largest absolute Gasteiger partial charge is 0.405 e. The fraction of sp³-hybridized carbons (Fsp3) is 0.0588. The molecule has 0 aromatic heterocycles. The van der Waals surface area contributed by atoms with Gasteiger partial charge in [-0.15, -0.1) is 0 Å². The van der Waals surface area contributed by atoms with E-state index in [1.54, 1.807) is 6.20 Å². The van der Waals surface area contributed by atoms with Gasteiger partial charge < -0.3 is 5.73 Å². The molecule has 0 aliphatic carbocycles. The fourth-order valence-electron chi connectivity index (χ4n) is 1.87.